The molecule has 2 bridgehead atoms. The molecule has 3 N–H and O–H groups in total. The van der Waals surface area contributed by atoms with E-state index in [0.717, 1.165) is 50.3 Å². The number of aliphatic hydroxyl groups excluding tert-OH is 1. The van der Waals surface area contributed by atoms with Crippen LogP contribution in [-0.4, -0.2) is 79.2 Å². The summed E-state index contributed by atoms with van der Waals surface area (Å²) in [4.78, 5) is 35.4. The Morgan fingerprint density at radius 1 is 1.02 bits per heavy atom. The van der Waals surface area contributed by atoms with Crippen molar-refractivity contribution >= 4 is 23.4 Å². The molecular formula is C31H35N9O3. The number of aromatic nitrogens is 5. The Hall–Kier alpha value is -4.42. The van der Waals surface area contributed by atoms with Gasteiger partial charge in [-0.05, 0) is 58.3 Å². The van der Waals surface area contributed by atoms with E-state index in [1.54, 1.807) is 24.3 Å². The second-order valence-corrected chi connectivity index (χ2v) is 12.2. The van der Waals surface area contributed by atoms with E-state index < -0.39 is 11.6 Å². The van der Waals surface area contributed by atoms with Crippen LogP contribution in [0.3, 0.4) is 0 Å². The van der Waals surface area contributed by atoms with Crippen molar-refractivity contribution in [2.45, 2.75) is 50.1 Å². The molecule has 12 heteroatoms. The molecule has 3 saturated heterocycles. The van der Waals surface area contributed by atoms with E-state index in [1.807, 2.05) is 50.2 Å². The smallest absolute Gasteiger partial charge is 0.261 e. The summed E-state index contributed by atoms with van der Waals surface area (Å²) < 4.78 is 5.86. The zero-order valence-electron chi connectivity index (χ0n) is 24.5. The SMILES string of the molecule is CN1C(=O)c2cnc(Nc3cc(N[C@H](CO)c4ccccc4)c(-c4nc(C56CCN(CC5)CC6)no4)cn3)nc2C1(C)C. The first-order valence-corrected chi connectivity index (χ1v) is 14.7. The van der Waals surface area contributed by atoms with Crippen LogP contribution in [0.2, 0.25) is 0 Å². The zero-order chi connectivity index (χ0) is 29.8. The molecule has 0 aliphatic carbocycles. The summed E-state index contributed by atoms with van der Waals surface area (Å²) in [5.41, 5.74) is 2.75. The second-order valence-electron chi connectivity index (χ2n) is 12.2. The quantitative estimate of drug-likeness (QED) is 0.279. The maximum absolute atomic E-state index is 12.7. The second kappa shape index (κ2) is 10.4. The monoisotopic (exact) mass is 581 g/mol. The van der Waals surface area contributed by atoms with Gasteiger partial charge >= 0.3 is 0 Å². The van der Waals surface area contributed by atoms with Crippen molar-refractivity contribution in [3.8, 4) is 11.5 Å². The van der Waals surface area contributed by atoms with Crippen molar-refractivity contribution in [1.29, 1.82) is 0 Å². The molecule has 3 fully saturated rings. The highest BCUT2D eigenvalue weighted by Gasteiger charge is 2.45. The number of fused-ring (bicyclic) bond motifs is 4. The molecule has 0 spiro atoms. The average molecular weight is 582 g/mol. The minimum Gasteiger partial charge on any atom is -0.394 e. The van der Waals surface area contributed by atoms with Gasteiger partial charge in [0.25, 0.3) is 11.8 Å². The van der Waals surface area contributed by atoms with Gasteiger partial charge in [0.05, 0.1) is 40.7 Å². The summed E-state index contributed by atoms with van der Waals surface area (Å²) in [6.07, 6.45) is 6.31. The van der Waals surface area contributed by atoms with Crippen molar-refractivity contribution < 1.29 is 14.4 Å². The molecule has 0 unspecified atom stereocenters. The molecule has 12 nitrogen and oxygen atoms in total. The Bertz CT molecular complexity index is 1650. The van der Waals surface area contributed by atoms with E-state index in [4.69, 9.17) is 9.51 Å². The fourth-order valence-corrected chi connectivity index (χ4v) is 6.40. The standard InChI is InChI=1S/C31H35N9O3/c1-30(2)25-21(27(42)39(30)3)17-33-29(36-25)35-24-15-22(34-23(18-41)19-7-5-4-6-8-19)20(16-32-24)26-37-28(38-43-26)31-9-12-40(13-10-31)14-11-31/h4-8,15-17,23,41H,9-14,18H2,1-3H3,(H2,32,33,34,35,36)/t23-/m1/s1. The summed E-state index contributed by atoms with van der Waals surface area (Å²) >= 11 is 0. The topological polar surface area (TPSA) is 145 Å². The molecule has 222 valence electrons. The summed E-state index contributed by atoms with van der Waals surface area (Å²) in [6, 6.07) is 11.2. The molecule has 0 saturated carbocycles. The van der Waals surface area contributed by atoms with Crippen LogP contribution in [0.5, 0.6) is 0 Å². The number of pyridine rings is 1. The first kappa shape index (κ1) is 27.4. The Morgan fingerprint density at radius 3 is 2.47 bits per heavy atom. The maximum atomic E-state index is 12.7. The fraction of sp³-hybridized carbons (Fsp3) is 0.419. The number of hydrogen-bond donors (Lipinski definition) is 3. The first-order valence-electron chi connectivity index (χ1n) is 14.7. The van der Waals surface area contributed by atoms with E-state index in [-0.39, 0.29) is 17.9 Å². The van der Waals surface area contributed by atoms with E-state index in [1.165, 1.54) is 0 Å². The van der Waals surface area contributed by atoms with E-state index >= 15 is 0 Å². The zero-order valence-corrected chi connectivity index (χ0v) is 24.5. The van der Waals surface area contributed by atoms with E-state index in [2.05, 4.69) is 35.6 Å². The molecule has 4 aromatic rings. The van der Waals surface area contributed by atoms with Gasteiger partial charge in [-0.2, -0.15) is 4.98 Å². The van der Waals surface area contributed by atoms with Crippen molar-refractivity contribution in [2.24, 2.45) is 0 Å². The third kappa shape index (κ3) is 4.70. The van der Waals surface area contributed by atoms with Crippen molar-refractivity contribution in [2.75, 3.05) is 43.9 Å². The van der Waals surface area contributed by atoms with Gasteiger partial charge in [-0.3, -0.25) is 4.79 Å². The number of anilines is 3. The van der Waals surface area contributed by atoms with Gasteiger partial charge in [0.1, 0.15) is 5.82 Å². The minimum atomic E-state index is -0.566. The van der Waals surface area contributed by atoms with E-state index in [9.17, 15) is 9.90 Å². The first-order chi connectivity index (χ1) is 20.8. The van der Waals surface area contributed by atoms with Crippen LogP contribution in [0.15, 0.2) is 53.3 Å². The number of amides is 1. The number of nitrogens with one attached hydrogen (secondary N) is 2. The van der Waals surface area contributed by atoms with Crippen LogP contribution >= 0.6 is 0 Å². The minimum absolute atomic E-state index is 0.0508. The highest BCUT2D eigenvalue weighted by molar-refractivity contribution is 5.99. The third-order valence-electron chi connectivity index (χ3n) is 9.45. The summed E-state index contributed by atoms with van der Waals surface area (Å²) in [6.45, 7) is 6.95. The van der Waals surface area contributed by atoms with Crippen LogP contribution in [0.1, 0.15) is 66.6 Å². The lowest BCUT2D eigenvalue weighted by molar-refractivity contribution is 0.0688. The number of benzene rings is 1. The molecule has 8 rings (SSSR count). The fourth-order valence-electron chi connectivity index (χ4n) is 6.40. The number of carbonyl (C=O) groups is 1. The summed E-state index contributed by atoms with van der Waals surface area (Å²) in [5, 5.41) is 21.4. The average Bonchev–Trinajstić information content (AvgIpc) is 3.61. The molecule has 0 radical (unpaired) electrons. The highest BCUT2D eigenvalue weighted by atomic mass is 16.5. The van der Waals surface area contributed by atoms with Crippen LogP contribution in [0, 0.1) is 0 Å². The predicted octanol–water partition coefficient (Wildman–Crippen LogP) is 3.87. The van der Waals surface area contributed by atoms with Crippen LogP contribution in [0.4, 0.5) is 17.5 Å². The Morgan fingerprint density at radius 2 is 1.74 bits per heavy atom. The predicted molar refractivity (Wildman–Crippen MR) is 160 cm³/mol. The van der Waals surface area contributed by atoms with Crippen molar-refractivity contribution in [3.63, 3.8) is 0 Å². The number of hydrogen-bond acceptors (Lipinski definition) is 11. The van der Waals surface area contributed by atoms with Crippen molar-refractivity contribution in [1.82, 2.24) is 34.9 Å². The molecule has 7 heterocycles. The maximum Gasteiger partial charge on any atom is 0.261 e. The lowest BCUT2D eigenvalue weighted by Crippen LogP contribution is -2.51. The van der Waals surface area contributed by atoms with Gasteiger partial charge in [-0.1, -0.05) is 35.5 Å². The molecule has 3 aromatic heterocycles. The van der Waals surface area contributed by atoms with Crippen molar-refractivity contribution in [3.05, 3.63) is 71.4 Å². The molecule has 4 aliphatic rings. The lowest BCUT2D eigenvalue weighted by Gasteiger charge is -2.46. The van der Waals surface area contributed by atoms with Gasteiger partial charge in [0.2, 0.25) is 5.95 Å². The number of aliphatic hydroxyl groups is 1. The molecule has 1 amide bonds. The summed E-state index contributed by atoms with van der Waals surface area (Å²) in [7, 11) is 1.76. The molecule has 1 aromatic carbocycles. The van der Waals surface area contributed by atoms with Crippen LogP contribution in [-0.2, 0) is 11.0 Å². The van der Waals surface area contributed by atoms with E-state index in [0.29, 0.717) is 40.2 Å². The Balaban J connectivity index is 1.23. The number of piperidine rings is 3. The lowest BCUT2D eigenvalue weighted by atomic mass is 9.71. The van der Waals surface area contributed by atoms with Crippen LogP contribution < -0.4 is 10.6 Å². The number of rotatable bonds is 8. The number of nitrogens with zero attached hydrogens (tertiary/aromatic N) is 7. The molecule has 1 atom stereocenters. The third-order valence-corrected chi connectivity index (χ3v) is 9.45. The molecular weight excluding hydrogens is 546 g/mol. The largest absolute Gasteiger partial charge is 0.394 e. The van der Waals surface area contributed by atoms with Gasteiger partial charge in [0, 0.05) is 30.9 Å². The Kier molecular flexibility index (Phi) is 6.62. The number of carbonyl (C=O) groups excluding carboxylic acids is 1. The van der Waals surface area contributed by atoms with Gasteiger partial charge < -0.3 is 30.1 Å². The molecule has 4 aliphatic heterocycles. The highest BCUT2D eigenvalue weighted by Crippen LogP contribution is 2.43. The normalized spacial score (nSPS) is 22.8. The van der Waals surface area contributed by atoms with Gasteiger partial charge in [-0.15, -0.1) is 0 Å². The Labute approximate surface area is 249 Å². The van der Waals surface area contributed by atoms with Gasteiger partial charge in [0.15, 0.2) is 5.82 Å². The van der Waals surface area contributed by atoms with Gasteiger partial charge in [-0.25, -0.2) is 15.0 Å². The summed E-state index contributed by atoms with van der Waals surface area (Å²) in [5.74, 6) is 1.83. The van der Waals surface area contributed by atoms with Crippen LogP contribution in [0.25, 0.3) is 11.5 Å². The molecule has 43 heavy (non-hydrogen) atoms.